The van der Waals surface area contributed by atoms with Crippen LogP contribution in [0.4, 0.5) is 0 Å². The second kappa shape index (κ2) is 7.72. The highest BCUT2D eigenvalue weighted by Crippen LogP contribution is 2.25. The van der Waals surface area contributed by atoms with Crippen LogP contribution >= 0.6 is 0 Å². The van der Waals surface area contributed by atoms with Crippen molar-refractivity contribution in [3.8, 4) is 17.2 Å². The summed E-state index contributed by atoms with van der Waals surface area (Å²) in [7, 11) is 0. The number of aryl methyl sites for hydroxylation is 1. The van der Waals surface area contributed by atoms with Crippen LogP contribution in [-0.2, 0) is 4.74 Å². The van der Waals surface area contributed by atoms with Gasteiger partial charge in [0.15, 0.2) is 11.5 Å². The first-order valence-corrected chi connectivity index (χ1v) is 10.0. The number of nitrogens with one attached hydrogen (secondary N) is 1. The number of imidazole rings is 1. The van der Waals surface area contributed by atoms with Crippen LogP contribution in [0.1, 0.15) is 28.9 Å². The molecule has 1 amide bonds. The van der Waals surface area contributed by atoms with Crippen molar-refractivity contribution < 1.29 is 9.53 Å². The first-order valence-electron chi connectivity index (χ1n) is 10.0. The summed E-state index contributed by atoms with van der Waals surface area (Å²) in [6.07, 6.45) is 8.94. The molecule has 0 unspecified atom stereocenters. The van der Waals surface area contributed by atoms with Gasteiger partial charge in [-0.05, 0) is 38.0 Å². The first-order chi connectivity index (χ1) is 14.7. The van der Waals surface area contributed by atoms with E-state index in [2.05, 4.69) is 20.4 Å². The quantitative estimate of drug-likeness (QED) is 0.555. The number of amides is 1. The minimum Gasteiger partial charge on any atom is -0.376 e. The van der Waals surface area contributed by atoms with Gasteiger partial charge in [-0.3, -0.25) is 14.2 Å². The second-order valence-corrected chi connectivity index (χ2v) is 7.42. The molecule has 1 atom stereocenters. The minimum atomic E-state index is -0.233. The third-order valence-electron chi connectivity index (χ3n) is 5.33. The molecule has 4 heterocycles. The van der Waals surface area contributed by atoms with Gasteiger partial charge in [-0.25, -0.2) is 9.67 Å². The molecule has 1 fully saturated rings. The van der Waals surface area contributed by atoms with E-state index in [4.69, 9.17) is 4.74 Å². The predicted octanol–water partition coefficient (Wildman–Crippen LogP) is 2.80. The van der Waals surface area contributed by atoms with E-state index in [0.717, 1.165) is 30.8 Å². The number of carbonyl (C=O) groups excluding carboxylic acids is 1. The molecule has 3 aromatic heterocycles. The van der Waals surface area contributed by atoms with Crippen molar-refractivity contribution in [2.75, 3.05) is 13.2 Å². The summed E-state index contributed by atoms with van der Waals surface area (Å²) < 4.78 is 9.29. The average molecular weight is 402 g/mol. The van der Waals surface area contributed by atoms with Crippen LogP contribution in [0.25, 0.3) is 22.7 Å². The van der Waals surface area contributed by atoms with Crippen molar-refractivity contribution in [3.63, 3.8) is 0 Å². The molecule has 0 radical (unpaired) electrons. The largest absolute Gasteiger partial charge is 0.376 e. The van der Waals surface area contributed by atoms with Gasteiger partial charge in [0.1, 0.15) is 5.69 Å². The molecule has 1 saturated heterocycles. The van der Waals surface area contributed by atoms with E-state index in [1.165, 1.54) is 5.56 Å². The van der Waals surface area contributed by atoms with E-state index < -0.39 is 0 Å². The molecule has 5 rings (SSSR count). The summed E-state index contributed by atoms with van der Waals surface area (Å²) in [4.78, 5) is 21.8. The molecular formula is C22H22N6O2. The SMILES string of the molecule is Cc1ccc(-n2nccc2-c2nc(C(=O)NC[C@@H]3CCCO3)c3cnccn23)cc1. The summed E-state index contributed by atoms with van der Waals surface area (Å²) in [5, 5.41) is 7.43. The fourth-order valence-corrected chi connectivity index (χ4v) is 3.75. The van der Waals surface area contributed by atoms with Gasteiger partial charge in [-0.1, -0.05) is 17.7 Å². The van der Waals surface area contributed by atoms with E-state index in [1.807, 2.05) is 46.3 Å². The van der Waals surface area contributed by atoms with Crippen LogP contribution in [0.15, 0.2) is 55.1 Å². The van der Waals surface area contributed by atoms with Gasteiger partial charge in [0.25, 0.3) is 5.91 Å². The second-order valence-electron chi connectivity index (χ2n) is 7.42. The van der Waals surface area contributed by atoms with Crippen LogP contribution in [0.5, 0.6) is 0 Å². The lowest BCUT2D eigenvalue weighted by atomic mass is 10.2. The highest BCUT2D eigenvalue weighted by Gasteiger charge is 2.23. The number of rotatable bonds is 5. The Morgan fingerprint density at radius 2 is 2.10 bits per heavy atom. The Kier molecular flexibility index (Phi) is 4.76. The average Bonchev–Trinajstić information content (AvgIpc) is 3.51. The van der Waals surface area contributed by atoms with Gasteiger partial charge < -0.3 is 10.1 Å². The van der Waals surface area contributed by atoms with Crippen LogP contribution in [0.2, 0.25) is 0 Å². The number of hydrogen-bond acceptors (Lipinski definition) is 5. The number of aromatic nitrogens is 5. The maximum Gasteiger partial charge on any atom is 0.272 e. The van der Waals surface area contributed by atoms with E-state index in [-0.39, 0.29) is 12.0 Å². The van der Waals surface area contributed by atoms with Gasteiger partial charge in [0, 0.05) is 25.5 Å². The first kappa shape index (κ1) is 18.5. The Hall–Kier alpha value is -3.52. The zero-order valence-corrected chi connectivity index (χ0v) is 16.7. The summed E-state index contributed by atoms with van der Waals surface area (Å²) in [5.41, 5.74) is 3.88. The van der Waals surface area contributed by atoms with E-state index in [1.54, 1.807) is 24.8 Å². The summed E-state index contributed by atoms with van der Waals surface area (Å²) >= 11 is 0. The molecule has 1 N–H and O–H groups in total. The molecule has 0 aliphatic carbocycles. The Labute approximate surface area is 173 Å². The summed E-state index contributed by atoms with van der Waals surface area (Å²) in [6, 6.07) is 10.00. The third kappa shape index (κ3) is 3.35. The van der Waals surface area contributed by atoms with Gasteiger partial charge in [0.2, 0.25) is 0 Å². The molecule has 1 aromatic carbocycles. The molecule has 0 spiro atoms. The summed E-state index contributed by atoms with van der Waals surface area (Å²) in [5.74, 6) is 0.399. The Balaban J connectivity index is 1.53. The standard InChI is InChI=1S/C22H22N6O2/c1-15-4-6-16(7-5-15)28-18(8-9-25-28)21-26-20(19-14-23-10-11-27(19)21)22(29)24-13-17-3-2-12-30-17/h4-11,14,17H,2-3,12-13H2,1H3,(H,24,29)/t17-/m0/s1. The lowest BCUT2D eigenvalue weighted by molar-refractivity contribution is 0.0855. The highest BCUT2D eigenvalue weighted by atomic mass is 16.5. The maximum atomic E-state index is 12.9. The van der Waals surface area contributed by atoms with Gasteiger partial charge >= 0.3 is 0 Å². The monoisotopic (exact) mass is 402 g/mol. The van der Waals surface area contributed by atoms with Crippen LogP contribution < -0.4 is 5.32 Å². The zero-order chi connectivity index (χ0) is 20.5. The van der Waals surface area contributed by atoms with Crippen molar-refractivity contribution in [3.05, 3.63) is 66.4 Å². The fraction of sp³-hybridized carbons (Fsp3) is 0.273. The number of carbonyl (C=O) groups is 1. The van der Waals surface area contributed by atoms with Gasteiger partial charge in [-0.15, -0.1) is 0 Å². The van der Waals surface area contributed by atoms with Crippen LogP contribution in [-0.4, -0.2) is 49.3 Å². The number of fused-ring (bicyclic) bond motifs is 1. The Morgan fingerprint density at radius 3 is 2.90 bits per heavy atom. The van der Waals surface area contributed by atoms with E-state index >= 15 is 0 Å². The molecular weight excluding hydrogens is 380 g/mol. The van der Waals surface area contributed by atoms with Crippen molar-refractivity contribution in [1.29, 1.82) is 0 Å². The molecule has 8 nitrogen and oxygen atoms in total. The zero-order valence-electron chi connectivity index (χ0n) is 16.7. The number of benzene rings is 1. The van der Waals surface area contributed by atoms with Gasteiger partial charge in [-0.2, -0.15) is 5.10 Å². The molecule has 0 saturated carbocycles. The third-order valence-corrected chi connectivity index (χ3v) is 5.33. The topological polar surface area (TPSA) is 86.3 Å². The number of ether oxygens (including phenoxy) is 1. The van der Waals surface area contributed by atoms with E-state index in [0.29, 0.717) is 23.6 Å². The maximum absolute atomic E-state index is 12.9. The minimum absolute atomic E-state index is 0.0726. The molecule has 0 bridgehead atoms. The van der Waals surface area contributed by atoms with Crippen molar-refractivity contribution in [2.24, 2.45) is 0 Å². The fourth-order valence-electron chi connectivity index (χ4n) is 3.75. The summed E-state index contributed by atoms with van der Waals surface area (Å²) in [6.45, 7) is 3.28. The van der Waals surface area contributed by atoms with Gasteiger partial charge in [0.05, 0.1) is 29.7 Å². The van der Waals surface area contributed by atoms with E-state index in [9.17, 15) is 4.79 Å². The molecule has 152 valence electrons. The van der Waals surface area contributed by atoms with Crippen molar-refractivity contribution in [2.45, 2.75) is 25.9 Å². The van der Waals surface area contributed by atoms with Crippen LogP contribution in [0, 0.1) is 6.92 Å². The number of nitrogens with zero attached hydrogens (tertiary/aromatic N) is 5. The predicted molar refractivity (Wildman–Crippen MR) is 112 cm³/mol. The normalized spacial score (nSPS) is 16.2. The van der Waals surface area contributed by atoms with Crippen LogP contribution in [0.3, 0.4) is 0 Å². The lowest BCUT2D eigenvalue weighted by Crippen LogP contribution is -2.32. The molecule has 30 heavy (non-hydrogen) atoms. The highest BCUT2D eigenvalue weighted by molar-refractivity contribution is 5.99. The molecule has 4 aromatic rings. The lowest BCUT2D eigenvalue weighted by Gasteiger charge is -2.09. The Bertz CT molecular complexity index is 1190. The van der Waals surface area contributed by atoms with Crippen molar-refractivity contribution >= 4 is 11.4 Å². The Morgan fingerprint density at radius 1 is 1.23 bits per heavy atom. The molecule has 1 aliphatic heterocycles. The molecule has 1 aliphatic rings. The molecule has 8 heteroatoms. The number of hydrogen-bond donors (Lipinski definition) is 1. The van der Waals surface area contributed by atoms with Crippen molar-refractivity contribution in [1.82, 2.24) is 29.5 Å². The smallest absolute Gasteiger partial charge is 0.272 e.